The van der Waals surface area contributed by atoms with Crippen LogP contribution in [0.5, 0.6) is 5.75 Å². The van der Waals surface area contributed by atoms with Crippen molar-refractivity contribution in [2.24, 2.45) is 5.92 Å². The molecule has 2 aromatic heterocycles. The van der Waals surface area contributed by atoms with Crippen LogP contribution >= 0.6 is 0 Å². The molecule has 0 unspecified atom stereocenters. The number of methoxy groups -OCH3 is 1. The summed E-state index contributed by atoms with van der Waals surface area (Å²) in [6.07, 6.45) is 3.79. The molecule has 4 rings (SSSR count). The van der Waals surface area contributed by atoms with Gasteiger partial charge < -0.3 is 15.0 Å². The molecule has 0 bridgehead atoms. The molecule has 1 aromatic carbocycles. The number of carbonyl (C=O) groups excluding carboxylic acids is 1. The van der Waals surface area contributed by atoms with Crippen molar-refractivity contribution in [2.75, 3.05) is 31.6 Å². The van der Waals surface area contributed by atoms with Gasteiger partial charge in [0.1, 0.15) is 5.75 Å². The van der Waals surface area contributed by atoms with Crippen LogP contribution in [0.4, 0.5) is 5.82 Å². The van der Waals surface area contributed by atoms with Gasteiger partial charge in [0.05, 0.1) is 12.8 Å². The van der Waals surface area contributed by atoms with Crippen LogP contribution in [0.2, 0.25) is 0 Å². The summed E-state index contributed by atoms with van der Waals surface area (Å²) in [6, 6.07) is 14.8. The van der Waals surface area contributed by atoms with Crippen molar-refractivity contribution in [1.82, 2.24) is 25.3 Å². The minimum absolute atomic E-state index is 0.00893. The quantitative estimate of drug-likeness (QED) is 0.527. The van der Waals surface area contributed by atoms with Gasteiger partial charge in [-0.25, -0.2) is 4.68 Å². The maximum absolute atomic E-state index is 12.5. The number of amides is 1. The third kappa shape index (κ3) is 5.74. The topological polar surface area (TPSA) is 102 Å². The number of carbonyl (C=O) groups is 1. The van der Waals surface area contributed by atoms with Crippen LogP contribution in [0, 0.1) is 5.92 Å². The lowest BCUT2D eigenvalue weighted by molar-refractivity contribution is -0.125. The molecule has 0 radical (unpaired) electrons. The molecule has 0 saturated carbocycles. The third-order valence-electron chi connectivity index (χ3n) is 5.86. The Balaban J connectivity index is 1.22. The second-order valence-electron chi connectivity index (χ2n) is 8.00. The average molecular weight is 449 g/mol. The van der Waals surface area contributed by atoms with Gasteiger partial charge in [-0.05, 0) is 61.7 Å². The maximum Gasteiger partial charge on any atom is 0.266 e. The normalized spacial score (nSPS) is 14.2. The van der Waals surface area contributed by atoms with E-state index < -0.39 is 0 Å². The van der Waals surface area contributed by atoms with E-state index in [4.69, 9.17) is 4.74 Å². The summed E-state index contributed by atoms with van der Waals surface area (Å²) in [7, 11) is 1.64. The Labute approximate surface area is 192 Å². The Morgan fingerprint density at radius 3 is 2.55 bits per heavy atom. The van der Waals surface area contributed by atoms with Gasteiger partial charge in [-0.1, -0.05) is 0 Å². The molecule has 0 atom stereocenters. The fraction of sp³-hybridized carbons (Fsp3) is 0.375. The van der Waals surface area contributed by atoms with Crippen LogP contribution in [0.15, 0.2) is 59.5 Å². The number of ether oxygens (including phenoxy) is 1. The molecule has 0 spiro atoms. The smallest absolute Gasteiger partial charge is 0.266 e. The predicted molar refractivity (Wildman–Crippen MR) is 125 cm³/mol. The summed E-state index contributed by atoms with van der Waals surface area (Å²) in [4.78, 5) is 26.3. The van der Waals surface area contributed by atoms with E-state index >= 15 is 0 Å². The molecule has 9 heteroatoms. The molecular formula is C24H28N6O3. The Bertz CT molecular complexity index is 1110. The number of rotatable bonds is 8. The molecule has 1 saturated heterocycles. The lowest BCUT2D eigenvalue weighted by atomic mass is 9.96. The van der Waals surface area contributed by atoms with Gasteiger partial charge in [-0.2, -0.15) is 5.10 Å². The van der Waals surface area contributed by atoms with Crippen LogP contribution in [-0.4, -0.2) is 52.6 Å². The average Bonchev–Trinajstić information content (AvgIpc) is 2.88. The molecule has 172 valence electrons. The molecule has 1 N–H and O–H groups in total. The minimum atomic E-state index is -0.128. The molecular weight excluding hydrogens is 420 g/mol. The van der Waals surface area contributed by atoms with Crippen molar-refractivity contribution in [2.45, 2.75) is 25.8 Å². The fourth-order valence-corrected chi connectivity index (χ4v) is 3.92. The van der Waals surface area contributed by atoms with E-state index in [1.807, 2.05) is 36.4 Å². The molecule has 33 heavy (non-hydrogen) atoms. The monoisotopic (exact) mass is 448 g/mol. The zero-order chi connectivity index (χ0) is 23.0. The second-order valence-corrected chi connectivity index (χ2v) is 8.00. The first-order valence-corrected chi connectivity index (χ1v) is 11.2. The Morgan fingerprint density at radius 1 is 1.09 bits per heavy atom. The predicted octanol–water partition coefficient (Wildman–Crippen LogP) is 2.13. The number of nitrogens with zero attached hydrogens (tertiary/aromatic N) is 5. The van der Waals surface area contributed by atoms with E-state index in [0.717, 1.165) is 48.8 Å². The standard InChI is InChI=1S/C24H28N6O3/c1-33-20-7-5-18(6-8-20)21-9-10-22(28-27-21)29-16-11-19(12-17-29)24(32)25-13-3-15-30-23(31)4-2-14-26-30/h2,4-10,14,19H,3,11-13,15-17H2,1H3,(H,25,32). The van der Waals surface area contributed by atoms with Crippen LogP contribution in [0.1, 0.15) is 19.3 Å². The zero-order valence-electron chi connectivity index (χ0n) is 18.7. The summed E-state index contributed by atoms with van der Waals surface area (Å²) in [5, 5.41) is 15.8. The van der Waals surface area contributed by atoms with Crippen molar-refractivity contribution in [3.05, 3.63) is 65.1 Å². The van der Waals surface area contributed by atoms with E-state index in [2.05, 4.69) is 25.5 Å². The van der Waals surface area contributed by atoms with E-state index in [1.165, 1.54) is 10.7 Å². The largest absolute Gasteiger partial charge is 0.497 e. The van der Waals surface area contributed by atoms with Gasteiger partial charge in [0, 0.05) is 49.9 Å². The highest BCUT2D eigenvalue weighted by Gasteiger charge is 2.25. The van der Waals surface area contributed by atoms with Gasteiger partial charge >= 0.3 is 0 Å². The molecule has 1 amide bonds. The molecule has 0 aliphatic carbocycles. The van der Waals surface area contributed by atoms with Gasteiger partial charge in [0.15, 0.2) is 5.82 Å². The zero-order valence-corrected chi connectivity index (χ0v) is 18.7. The lowest BCUT2D eigenvalue weighted by Crippen LogP contribution is -2.41. The summed E-state index contributed by atoms with van der Waals surface area (Å²) >= 11 is 0. The maximum atomic E-state index is 12.5. The van der Waals surface area contributed by atoms with E-state index in [0.29, 0.717) is 19.5 Å². The minimum Gasteiger partial charge on any atom is -0.497 e. The lowest BCUT2D eigenvalue weighted by Gasteiger charge is -2.31. The number of hydrogen-bond donors (Lipinski definition) is 1. The first-order valence-electron chi connectivity index (χ1n) is 11.2. The summed E-state index contributed by atoms with van der Waals surface area (Å²) in [5.41, 5.74) is 1.66. The number of aryl methyl sites for hydroxylation is 1. The summed E-state index contributed by atoms with van der Waals surface area (Å²) in [6.45, 7) is 2.54. The Kier molecular flexibility index (Phi) is 7.29. The first-order chi connectivity index (χ1) is 16.1. The van der Waals surface area contributed by atoms with Gasteiger partial charge in [-0.15, -0.1) is 10.2 Å². The van der Waals surface area contributed by atoms with E-state index in [-0.39, 0.29) is 17.4 Å². The Hall–Kier alpha value is -3.75. The number of aromatic nitrogens is 4. The van der Waals surface area contributed by atoms with Gasteiger partial charge in [0.2, 0.25) is 5.91 Å². The van der Waals surface area contributed by atoms with Crippen molar-refractivity contribution >= 4 is 11.7 Å². The SMILES string of the molecule is COc1ccc(-c2ccc(N3CCC(C(=O)NCCCn4ncccc4=O)CC3)nn2)cc1. The highest BCUT2D eigenvalue weighted by atomic mass is 16.5. The number of anilines is 1. The van der Waals surface area contributed by atoms with Crippen molar-refractivity contribution in [1.29, 1.82) is 0 Å². The van der Waals surface area contributed by atoms with Crippen molar-refractivity contribution in [3.8, 4) is 17.0 Å². The molecule has 1 fully saturated rings. The fourth-order valence-electron chi connectivity index (χ4n) is 3.92. The molecule has 1 aliphatic rings. The molecule has 1 aliphatic heterocycles. The van der Waals surface area contributed by atoms with Crippen LogP contribution in [0.3, 0.4) is 0 Å². The second kappa shape index (κ2) is 10.7. The third-order valence-corrected chi connectivity index (χ3v) is 5.86. The highest BCUT2D eigenvalue weighted by Crippen LogP contribution is 2.24. The number of nitrogens with one attached hydrogen (secondary N) is 1. The van der Waals surface area contributed by atoms with E-state index in [1.54, 1.807) is 19.4 Å². The Morgan fingerprint density at radius 2 is 1.88 bits per heavy atom. The van der Waals surface area contributed by atoms with Crippen LogP contribution in [-0.2, 0) is 11.3 Å². The van der Waals surface area contributed by atoms with Gasteiger partial charge in [0.25, 0.3) is 5.56 Å². The summed E-state index contributed by atoms with van der Waals surface area (Å²) in [5.74, 6) is 1.69. The van der Waals surface area contributed by atoms with Crippen molar-refractivity contribution in [3.63, 3.8) is 0 Å². The highest BCUT2D eigenvalue weighted by molar-refractivity contribution is 5.78. The molecule has 9 nitrogen and oxygen atoms in total. The first kappa shape index (κ1) is 22.4. The van der Waals surface area contributed by atoms with Crippen molar-refractivity contribution < 1.29 is 9.53 Å². The van der Waals surface area contributed by atoms with E-state index in [9.17, 15) is 9.59 Å². The number of benzene rings is 1. The number of hydrogen-bond acceptors (Lipinski definition) is 7. The molecule has 3 heterocycles. The molecule has 3 aromatic rings. The number of piperidine rings is 1. The van der Waals surface area contributed by atoms with Crippen LogP contribution in [0.25, 0.3) is 11.3 Å². The van der Waals surface area contributed by atoms with Crippen LogP contribution < -0.4 is 20.5 Å². The summed E-state index contributed by atoms with van der Waals surface area (Å²) < 4.78 is 6.60. The van der Waals surface area contributed by atoms with Gasteiger partial charge in [-0.3, -0.25) is 9.59 Å².